The predicted molar refractivity (Wildman–Crippen MR) is 84.0 cm³/mol. The third-order valence-electron chi connectivity index (χ3n) is 3.35. The molecule has 108 valence electrons. The monoisotopic (exact) mass is 338 g/mol. The lowest BCUT2D eigenvalue weighted by Gasteiger charge is -2.21. The van der Waals surface area contributed by atoms with Crippen LogP contribution >= 0.6 is 15.9 Å². The van der Waals surface area contributed by atoms with E-state index in [4.69, 9.17) is 0 Å². The molecule has 0 saturated carbocycles. The number of halogens is 1. The van der Waals surface area contributed by atoms with Gasteiger partial charge in [-0.25, -0.2) is 9.78 Å². The van der Waals surface area contributed by atoms with Crippen LogP contribution in [0, 0.1) is 5.92 Å². The van der Waals surface area contributed by atoms with Gasteiger partial charge < -0.3 is 4.90 Å². The molecule has 2 aromatic heterocycles. The van der Waals surface area contributed by atoms with Crippen molar-refractivity contribution in [3.63, 3.8) is 0 Å². The summed E-state index contributed by atoms with van der Waals surface area (Å²) in [5.74, 6) is 1.16. The first-order chi connectivity index (χ1) is 9.52. The first-order valence-corrected chi connectivity index (χ1v) is 7.46. The summed E-state index contributed by atoms with van der Waals surface area (Å²) in [6, 6.07) is 3.70. The molecule has 0 radical (unpaired) electrons. The number of nitrogens with one attached hydrogen (secondary N) is 1. The number of pyridine rings is 1. The Morgan fingerprint density at radius 2 is 2.35 bits per heavy atom. The van der Waals surface area contributed by atoms with Gasteiger partial charge in [0.2, 0.25) is 0 Å². The lowest BCUT2D eigenvalue weighted by Crippen LogP contribution is -2.34. The quantitative estimate of drug-likeness (QED) is 0.925. The van der Waals surface area contributed by atoms with Crippen molar-refractivity contribution < 1.29 is 4.79 Å². The van der Waals surface area contributed by atoms with Crippen LogP contribution in [0.25, 0.3) is 5.65 Å². The second-order valence-electron chi connectivity index (χ2n) is 5.02. The Balaban J connectivity index is 2.12. The van der Waals surface area contributed by atoms with Crippen molar-refractivity contribution in [2.24, 2.45) is 5.92 Å². The van der Waals surface area contributed by atoms with E-state index < -0.39 is 0 Å². The Morgan fingerprint density at radius 3 is 3.05 bits per heavy atom. The Bertz CT molecular complexity index is 610. The molecule has 20 heavy (non-hydrogen) atoms. The number of hydrogen-bond donors (Lipinski definition) is 1. The molecule has 0 bridgehead atoms. The van der Waals surface area contributed by atoms with Crippen LogP contribution in [0.2, 0.25) is 0 Å². The molecule has 0 aromatic carbocycles. The van der Waals surface area contributed by atoms with Crippen molar-refractivity contribution in [2.75, 3.05) is 18.9 Å². The fourth-order valence-electron chi connectivity index (χ4n) is 1.95. The third-order valence-corrected chi connectivity index (χ3v) is 3.97. The summed E-state index contributed by atoms with van der Waals surface area (Å²) in [7, 11) is 1.81. The minimum atomic E-state index is -0.118. The number of imidazole rings is 1. The van der Waals surface area contributed by atoms with Gasteiger partial charge in [0.15, 0.2) is 5.65 Å². The Hall–Kier alpha value is -1.56. The number of rotatable bonds is 4. The molecule has 2 rings (SSSR count). The van der Waals surface area contributed by atoms with Crippen molar-refractivity contribution in [3.05, 3.63) is 29.0 Å². The summed E-state index contributed by atoms with van der Waals surface area (Å²) in [5, 5.41) is 2.89. The fourth-order valence-corrected chi connectivity index (χ4v) is 2.40. The number of anilines is 1. The molecule has 0 saturated heterocycles. The largest absolute Gasteiger partial charge is 0.327 e. The summed E-state index contributed by atoms with van der Waals surface area (Å²) in [6.07, 6.45) is 4.59. The molecule has 0 spiro atoms. The molecule has 2 aromatic rings. The number of hydrogen-bond acceptors (Lipinski definition) is 2. The molecule has 1 unspecified atom stereocenters. The average Bonchev–Trinajstić information content (AvgIpc) is 2.83. The first kappa shape index (κ1) is 14.8. The van der Waals surface area contributed by atoms with Crippen molar-refractivity contribution in [1.29, 1.82) is 0 Å². The number of urea groups is 1. The molecule has 2 heterocycles. The van der Waals surface area contributed by atoms with E-state index in [1.807, 2.05) is 22.7 Å². The van der Waals surface area contributed by atoms with Crippen LogP contribution in [0.4, 0.5) is 10.6 Å². The summed E-state index contributed by atoms with van der Waals surface area (Å²) < 4.78 is 2.74. The molecule has 0 aliphatic heterocycles. The van der Waals surface area contributed by atoms with Crippen LogP contribution in [0.5, 0.6) is 0 Å². The average molecular weight is 339 g/mol. The van der Waals surface area contributed by atoms with Crippen LogP contribution in [-0.2, 0) is 0 Å². The topological polar surface area (TPSA) is 49.6 Å². The zero-order chi connectivity index (χ0) is 14.7. The van der Waals surface area contributed by atoms with E-state index in [1.54, 1.807) is 18.1 Å². The number of carbonyl (C=O) groups excluding carboxylic acids is 1. The highest BCUT2D eigenvalue weighted by atomic mass is 79.9. The zero-order valence-electron chi connectivity index (χ0n) is 11.9. The van der Waals surface area contributed by atoms with Crippen molar-refractivity contribution in [3.8, 4) is 0 Å². The van der Waals surface area contributed by atoms with Gasteiger partial charge in [-0.05, 0) is 34.0 Å². The molecular formula is C14H19BrN4O. The maximum Gasteiger partial charge on any atom is 0.322 e. The fraction of sp³-hybridized carbons (Fsp3) is 0.429. The highest BCUT2D eigenvalue weighted by Crippen LogP contribution is 2.20. The Morgan fingerprint density at radius 1 is 1.60 bits per heavy atom. The van der Waals surface area contributed by atoms with Gasteiger partial charge in [-0.1, -0.05) is 20.3 Å². The van der Waals surface area contributed by atoms with E-state index in [1.165, 1.54) is 0 Å². The summed E-state index contributed by atoms with van der Waals surface area (Å²) in [6.45, 7) is 5.00. The van der Waals surface area contributed by atoms with Crippen molar-refractivity contribution in [1.82, 2.24) is 14.3 Å². The summed E-state index contributed by atoms with van der Waals surface area (Å²) >= 11 is 3.44. The van der Waals surface area contributed by atoms with E-state index >= 15 is 0 Å². The molecular weight excluding hydrogens is 320 g/mol. The minimum absolute atomic E-state index is 0.118. The molecule has 0 aliphatic carbocycles. The van der Waals surface area contributed by atoms with E-state index in [2.05, 4.69) is 40.1 Å². The smallest absolute Gasteiger partial charge is 0.322 e. The van der Waals surface area contributed by atoms with E-state index in [9.17, 15) is 4.79 Å². The van der Waals surface area contributed by atoms with Gasteiger partial charge in [-0.15, -0.1) is 0 Å². The number of fused-ring (bicyclic) bond motifs is 1. The highest BCUT2D eigenvalue weighted by Gasteiger charge is 2.14. The first-order valence-electron chi connectivity index (χ1n) is 6.66. The van der Waals surface area contributed by atoms with E-state index in [0.29, 0.717) is 11.7 Å². The lowest BCUT2D eigenvalue weighted by atomic mass is 10.1. The predicted octanol–water partition coefficient (Wildman–Crippen LogP) is 3.61. The standard InChI is InChI=1S/C14H19BrN4O/c1-4-10(2)9-18(3)14(20)17-12-8-16-13-11(15)6-5-7-19(12)13/h5-8,10H,4,9H2,1-3H3,(H,17,20). The molecule has 0 aliphatic rings. The maximum atomic E-state index is 12.2. The van der Waals surface area contributed by atoms with Crippen LogP contribution in [0.15, 0.2) is 29.0 Å². The van der Waals surface area contributed by atoms with Crippen LogP contribution < -0.4 is 5.32 Å². The molecule has 5 nitrogen and oxygen atoms in total. The molecule has 1 atom stereocenters. The van der Waals surface area contributed by atoms with Gasteiger partial charge in [0, 0.05) is 19.8 Å². The molecule has 0 fully saturated rings. The Labute approximate surface area is 127 Å². The van der Waals surface area contributed by atoms with Crippen LogP contribution in [0.3, 0.4) is 0 Å². The number of carbonyl (C=O) groups is 1. The summed E-state index contributed by atoms with van der Waals surface area (Å²) in [4.78, 5) is 18.1. The minimum Gasteiger partial charge on any atom is -0.327 e. The normalized spacial score (nSPS) is 12.4. The van der Waals surface area contributed by atoms with Gasteiger partial charge in [0.1, 0.15) is 5.82 Å². The van der Waals surface area contributed by atoms with E-state index in [-0.39, 0.29) is 6.03 Å². The van der Waals surface area contributed by atoms with Gasteiger partial charge in [0.05, 0.1) is 10.7 Å². The maximum absolute atomic E-state index is 12.2. The van der Waals surface area contributed by atoms with Gasteiger partial charge in [-0.3, -0.25) is 9.72 Å². The SMILES string of the molecule is CCC(C)CN(C)C(=O)Nc1cnc2c(Br)cccn12. The number of amides is 2. The molecule has 6 heteroatoms. The molecule has 2 amide bonds. The van der Waals surface area contributed by atoms with Crippen molar-refractivity contribution >= 4 is 33.4 Å². The van der Waals surface area contributed by atoms with Gasteiger partial charge in [0.25, 0.3) is 0 Å². The second-order valence-corrected chi connectivity index (χ2v) is 5.87. The van der Waals surface area contributed by atoms with Gasteiger partial charge >= 0.3 is 6.03 Å². The zero-order valence-corrected chi connectivity index (χ0v) is 13.5. The molecule has 1 N–H and O–H groups in total. The van der Waals surface area contributed by atoms with Crippen molar-refractivity contribution in [2.45, 2.75) is 20.3 Å². The highest BCUT2D eigenvalue weighted by molar-refractivity contribution is 9.10. The third kappa shape index (κ3) is 3.12. The van der Waals surface area contributed by atoms with E-state index in [0.717, 1.165) is 23.1 Å². The van der Waals surface area contributed by atoms with Crippen LogP contribution in [-0.4, -0.2) is 33.9 Å². The van der Waals surface area contributed by atoms with Gasteiger partial charge in [-0.2, -0.15) is 0 Å². The number of aromatic nitrogens is 2. The summed E-state index contributed by atoms with van der Waals surface area (Å²) in [5.41, 5.74) is 0.785. The Kier molecular flexibility index (Phi) is 4.65. The number of nitrogens with zero attached hydrogens (tertiary/aromatic N) is 3. The van der Waals surface area contributed by atoms with Crippen LogP contribution in [0.1, 0.15) is 20.3 Å². The second kappa shape index (κ2) is 6.26. The lowest BCUT2D eigenvalue weighted by molar-refractivity contribution is 0.215.